The van der Waals surface area contributed by atoms with Crippen molar-refractivity contribution in [1.29, 1.82) is 0 Å². The van der Waals surface area contributed by atoms with E-state index in [9.17, 15) is 14.7 Å². The number of halogens is 1. The summed E-state index contributed by atoms with van der Waals surface area (Å²) >= 11 is 12.1. The first kappa shape index (κ1) is 19.0. The number of aromatic hydroxyl groups is 1. The van der Waals surface area contributed by atoms with Gasteiger partial charge in [-0.3, -0.25) is 4.79 Å². The highest BCUT2D eigenvalue weighted by atomic mass is 35.5. The number of carboxylic acids is 1. The molecule has 25 heavy (non-hydrogen) atoms. The smallest absolute Gasteiger partial charge is 0.339 e. The summed E-state index contributed by atoms with van der Waals surface area (Å²) in [7, 11) is 0. The molecule has 2 aromatic carbocycles. The Labute approximate surface area is 158 Å². The predicted octanol–water partition coefficient (Wildman–Crippen LogP) is 3.35. The molecule has 130 valence electrons. The average Bonchev–Trinajstić information content (AvgIpc) is 2.55. The lowest BCUT2D eigenvalue weighted by Gasteiger charge is -2.10. The SMILES string of the molecule is O=C(CSc1ccc(Cl)cc1)NC(=S)Nc1ccc(O)c(C(=O)O)c1. The van der Waals surface area contributed by atoms with Gasteiger partial charge in [-0.15, -0.1) is 11.8 Å². The number of thioether (sulfide) groups is 1. The van der Waals surface area contributed by atoms with Crippen molar-refractivity contribution in [2.75, 3.05) is 11.1 Å². The molecule has 0 fully saturated rings. The number of phenols is 1. The summed E-state index contributed by atoms with van der Waals surface area (Å²) in [4.78, 5) is 23.8. The van der Waals surface area contributed by atoms with Crippen molar-refractivity contribution in [2.45, 2.75) is 4.90 Å². The van der Waals surface area contributed by atoms with E-state index >= 15 is 0 Å². The minimum atomic E-state index is -1.27. The first-order valence-corrected chi connectivity index (χ1v) is 8.68. The molecule has 0 aromatic heterocycles. The van der Waals surface area contributed by atoms with E-state index in [1.807, 2.05) is 0 Å². The zero-order valence-electron chi connectivity index (χ0n) is 12.7. The Bertz CT molecular complexity index is 812. The number of carbonyl (C=O) groups excluding carboxylic acids is 1. The van der Waals surface area contributed by atoms with Crippen LogP contribution in [0.25, 0.3) is 0 Å². The van der Waals surface area contributed by atoms with E-state index in [-0.39, 0.29) is 28.1 Å². The van der Waals surface area contributed by atoms with Crippen LogP contribution in [0.3, 0.4) is 0 Å². The van der Waals surface area contributed by atoms with Gasteiger partial charge in [-0.1, -0.05) is 11.6 Å². The van der Waals surface area contributed by atoms with Gasteiger partial charge >= 0.3 is 5.97 Å². The van der Waals surface area contributed by atoms with E-state index in [1.165, 1.54) is 30.0 Å². The van der Waals surface area contributed by atoms with Crippen LogP contribution in [0.15, 0.2) is 47.4 Å². The highest BCUT2D eigenvalue weighted by molar-refractivity contribution is 8.00. The maximum atomic E-state index is 11.9. The molecular formula is C16H13ClN2O4S2. The molecule has 6 nitrogen and oxygen atoms in total. The fourth-order valence-electron chi connectivity index (χ4n) is 1.79. The van der Waals surface area contributed by atoms with Gasteiger partial charge in [0.1, 0.15) is 11.3 Å². The van der Waals surface area contributed by atoms with Crippen LogP contribution in [0, 0.1) is 0 Å². The minimum Gasteiger partial charge on any atom is -0.507 e. The van der Waals surface area contributed by atoms with Crippen LogP contribution in [0.2, 0.25) is 5.02 Å². The van der Waals surface area contributed by atoms with Crippen LogP contribution in [-0.2, 0) is 4.79 Å². The summed E-state index contributed by atoms with van der Waals surface area (Å²) in [5.74, 6) is -1.78. The lowest BCUT2D eigenvalue weighted by molar-refractivity contribution is -0.117. The predicted molar refractivity (Wildman–Crippen MR) is 102 cm³/mol. The number of benzene rings is 2. The number of carbonyl (C=O) groups is 2. The molecule has 4 N–H and O–H groups in total. The molecule has 0 spiro atoms. The van der Waals surface area contributed by atoms with E-state index in [4.69, 9.17) is 28.9 Å². The van der Waals surface area contributed by atoms with Gasteiger partial charge in [0.15, 0.2) is 5.11 Å². The number of anilines is 1. The van der Waals surface area contributed by atoms with Gasteiger partial charge in [-0.05, 0) is 54.7 Å². The van der Waals surface area contributed by atoms with Crippen molar-refractivity contribution in [3.8, 4) is 5.75 Å². The average molecular weight is 397 g/mol. The molecule has 1 amide bonds. The zero-order valence-corrected chi connectivity index (χ0v) is 15.0. The largest absolute Gasteiger partial charge is 0.507 e. The van der Waals surface area contributed by atoms with Gasteiger partial charge in [-0.2, -0.15) is 0 Å². The van der Waals surface area contributed by atoms with Crippen LogP contribution in [0.5, 0.6) is 5.75 Å². The second kappa shape index (κ2) is 8.70. The molecular weight excluding hydrogens is 384 g/mol. The van der Waals surface area contributed by atoms with Crippen molar-refractivity contribution in [2.24, 2.45) is 0 Å². The number of thiocarbonyl (C=S) groups is 1. The summed E-state index contributed by atoms with van der Waals surface area (Å²) in [5, 5.41) is 24.3. The molecule has 0 unspecified atom stereocenters. The molecule has 0 atom stereocenters. The van der Waals surface area contributed by atoms with Crippen LogP contribution in [-0.4, -0.2) is 33.0 Å². The molecule has 0 radical (unpaired) electrons. The van der Waals surface area contributed by atoms with E-state index in [0.29, 0.717) is 10.7 Å². The maximum absolute atomic E-state index is 11.9. The van der Waals surface area contributed by atoms with Gasteiger partial charge in [-0.25, -0.2) is 4.79 Å². The number of nitrogens with one attached hydrogen (secondary N) is 2. The fraction of sp³-hybridized carbons (Fsp3) is 0.0625. The summed E-state index contributed by atoms with van der Waals surface area (Å²) in [6.07, 6.45) is 0. The highest BCUT2D eigenvalue weighted by Crippen LogP contribution is 2.22. The molecule has 9 heteroatoms. The van der Waals surface area contributed by atoms with Crippen molar-refractivity contribution < 1.29 is 19.8 Å². The maximum Gasteiger partial charge on any atom is 0.339 e. The Kier molecular flexibility index (Phi) is 6.63. The molecule has 2 rings (SSSR count). The molecule has 0 aliphatic heterocycles. The molecule has 0 bridgehead atoms. The van der Waals surface area contributed by atoms with Crippen molar-refractivity contribution in [3.05, 3.63) is 53.1 Å². The molecule has 0 aliphatic carbocycles. The van der Waals surface area contributed by atoms with Crippen LogP contribution in [0.1, 0.15) is 10.4 Å². The number of aromatic carboxylic acids is 1. The number of rotatable bonds is 5. The third kappa shape index (κ3) is 5.93. The van der Waals surface area contributed by atoms with Gasteiger partial charge in [0.25, 0.3) is 0 Å². The Morgan fingerprint density at radius 2 is 1.84 bits per heavy atom. The Morgan fingerprint density at radius 3 is 2.48 bits per heavy atom. The Hall–Kier alpha value is -2.29. The topological polar surface area (TPSA) is 98.7 Å². The van der Waals surface area contributed by atoms with E-state index in [1.54, 1.807) is 24.3 Å². The Morgan fingerprint density at radius 1 is 1.16 bits per heavy atom. The lowest BCUT2D eigenvalue weighted by Crippen LogP contribution is -2.35. The normalized spacial score (nSPS) is 10.1. The summed E-state index contributed by atoms with van der Waals surface area (Å²) in [6.45, 7) is 0. The van der Waals surface area contributed by atoms with Gasteiger partial charge in [0.2, 0.25) is 5.91 Å². The third-order valence-corrected chi connectivity index (χ3v) is 4.39. The standard InChI is InChI=1S/C16H13ClN2O4S2/c17-9-1-4-11(5-2-9)25-8-14(21)19-16(24)18-10-3-6-13(20)12(7-10)15(22)23/h1-7,20H,8H2,(H,22,23)(H2,18,19,21,24). The van der Waals surface area contributed by atoms with Gasteiger partial charge in [0, 0.05) is 15.6 Å². The van der Waals surface area contributed by atoms with Crippen LogP contribution < -0.4 is 10.6 Å². The summed E-state index contributed by atoms with van der Waals surface area (Å²) in [5.41, 5.74) is 0.0725. The first-order valence-electron chi connectivity index (χ1n) is 6.90. The second-order valence-corrected chi connectivity index (χ2v) is 6.68. The monoisotopic (exact) mass is 396 g/mol. The quantitative estimate of drug-likeness (QED) is 0.349. The molecule has 0 aliphatic rings. The van der Waals surface area contributed by atoms with Gasteiger partial charge in [0.05, 0.1) is 5.75 Å². The van der Waals surface area contributed by atoms with Crippen molar-refractivity contribution in [1.82, 2.24) is 5.32 Å². The number of amides is 1. The lowest BCUT2D eigenvalue weighted by atomic mass is 10.2. The molecule has 2 aromatic rings. The molecule has 0 heterocycles. The van der Waals surface area contributed by atoms with Crippen LogP contribution in [0.4, 0.5) is 5.69 Å². The number of hydrogen-bond acceptors (Lipinski definition) is 5. The number of hydrogen-bond donors (Lipinski definition) is 4. The fourth-order valence-corrected chi connectivity index (χ4v) is 2.85. The second-order valence-electron chi connectivity index (χ2n) is 4.78. The Balaban J connectivity index is 1.87. The highest BCUT2D eigenvalue weighted by Gasteiger charge is 2.11. The number of carboxylic acid groups (broad SMARTS) is 1. The van der Waals surface area contributed by atoms with E-state index < -0.39 is 5.97 Å². The summed E-state index contributed by atoms with van der Waals surface area (Å²) < 4.78 is 0. The van der Waals surface area contributed by atoms with E-state index in [0.717, 1.165) is 4.90 Å². The van der Waals surface area contributed by atoms with Crippen molar-refractivity contribution >= 4 is 58.3 Å². The zero-order chi connectivity index (χ0) is 18.4. The van der Waals surface area contributed by atoms with Crippen molar-refractivity contribution in [3.63, 3.8) is 0 Å². The van der Waals surface area contributed by atoms with Gasteiger partial charge < -0.3 is 20.8 Å². The molecule has 0 saturated heterocycles. The van der Waals surface area contributed by atoms with Crippen LogP contribution >= 0.6 is 35.6 Å². The first-order chi connectivity index (χ1) is 11.8. The van der Waals surface area contributed by atoms with E-state index in [2.05, 4.69) is 10.6 Å². The summed E-state index contributed by atoms with van der Waals surface area (Å²) in [6, 6.07) is 11.0. The molecule has 0 saturated carbocycles. The minimum absolute atomic E-state index is 0.0312. The third-order valence-electron chi connectivity index (χ3n) is 2.92.